The number of rotatable bonds is 7. The molecule has 3 fully saturated rings. The predicted molar refractivity (Wildman–Crippen MR) is 148 cm³/mol. The summed E-state index contributed by atoms with van der Waals surface area (Å²) in [7, 11) is 2.04. The highest BCUT2D eigenvalue weighted by atomic mass is 19.3. The van der Waals surface area contributed by atoms with Gasteiger partial charge >= 0.3 is 5.97 Å². The number of carbonyl (C=O) groups is 2. The summed E-state index contributed by atoms with van der Waals surface area (Å²) in [6, 6.07) is 1.86. The first-order valence-electron chi connectivity index (χ1n) is 14.5. The average Bonchev–Trinajstić information content (AvgIpc) is 3.55. The third-order valence-corrected chi connectivity index (χ3v) is 9.07. The van der Waals surface area contributed by atoms with Crippen molar-refractivity contribution in [2.45, 2.75) is 83.4 Å². The van der Waals surface area contributed by atoms with Crippen molar-refractivity contribution in [3.8, 4) is 0 Å². The number of nitrogens with zero attached hydrogens (tertiary/aromatic N) is 5. The number of hydrogen-bond acceptors (Lipinski definition) is 7. The van der Waals surface area contributed by atoms with E-state index in [4.69, 9.17) is 4.74 Å². The summed E-state index contributed by atoms with van der Waals surface area (Å²) >= 11 is 0. The van der Waals surface area contributed by atoms with Crippen LogP contribution in [0.5, 0.6) is 0 Å². The molecule has 4 heterocycles. The SMILES string of the molecule is CC(C)C(=O)Nc1ncnc2c1ccn2C1C[C@H](CN2CC(F)(F)CC23CCN(C)CC3)[C@@H](OC(=O)C(C)C)C1. The lowest BCUT2D eigenvalue weighted by atomic mass is 9.84. The maximum absolute atomic E-state index is 14.9. The van der Waals surface area contributed by atoms with Gasteiger partial charge in [0.25, 0.3) is 5.92 Å². The van der Waals surface area contributed by atoms with E-state index in [9.17, 15) is 18.4 Å². The number of alkyl halides is 2. The van der Waals surface area contributed by atoms with Gasteiger partial charge in [-0.3, -0.25) is 14.5 Å². The molecule has 0 radical (unpaired) electrons. The first kappa shape index (κ1) is 28.9. The van der Waals surface area contributed by atoms with E-state index in [-0.39, 0.29) is 54.7 Å². The molecule has 220 valence electrons. The van der Waals surface area contributed by atoms with Gasteiger partial charge in [0.15, 0.2) is 0 Å². The van der Waals surface area contributed by atoms with Gasteiger partial charge in [-0.25, -0.2) is 18.7 Å². The summed E-state index contributed by atoms with van der Waals surface area (Å²) in [5.74, 6) is -3.20. The maximum atomic E-state index is 14.9. The molecular formula is C29H42F2N6O3. The second-order valence-electron chi connectivity index (χ2n) is 12.8. The number of anilines is 1. The van der Waals surface area contributed by atoms with E-state index in [0.717, 1.165) is 31.3 Å². The van der Waals surface area contributed by atoms with E-state index in [1.54, 1.807) is 0 Å². The van der Waals surface area contributed by atoms with Crippen LogP contribution in [0.3, 0.4) is 0 Å². The van der Waals surface area contributed by atoms with E-state index in [1.165, 1.54) is 6.33 Å². The summed E-state index contributed by atoms with van der Waals surface area (Å²) in [4.78, 5) is 38.0. The third kappa shape index (κ3) is 5.72. The molecule has 9 nitrogen and oxygen atoms in total. The maximum Gasteiger partial charge on any atom is 0.308 e. The van der Waals surface area contributed by atoms with Crippen molar-refractivity contribution < 1.29 is 23.1 Å². The lowest BCUT2D eigenvalue weighted by Gasteiger charge is -2.44. The molecule has 1 saturated carbocycles. The Kier molecular flexibility index (Phi) is 7.91. The molecule has 2 aromatic rings. The van der Waals surface area contributed by atoms with Crippen molar-refractivity contribution in [2.75, 3.05) is 38.5 Å². The van der Waals surface area contributed by atoms with Crippen molar-refractivity contribution in [1.29, 1.82) is 0 Å². The molecule has 11 heteroatoms. The quantitative estimate of drug-likeness (QED) is 0.504. The predicted octanol–water partition coefficient (Wildman–Crippen LogP) is 4.35. The Bertz CT molecular complexity index is 1240. The highest BCUT2D eigenvalue weighted by Gasteiger charge is 2.56. The van der Waals surface area contributed by atoms with Crippen LogP contribution < -0.4 is 5.32 Å². The molecular weight excluding hydrogens is 518 g/mol. The van der Waals surface area contributed by atoms with Crippen LogP contribution in [0.4, 0.5) is 14.6 Å². The highest BCUT2D eigenvalue weighted by Crippen LogP contribution is 2.48. The molecule has 5 rings (SSSR count). The zero-order valence-electron chi connectivity index (χ0n) is 24.2. The molecule has 1 aliphatic carbocycles. The molecule has 2 aliphatic heterocycles. The lowest BCUT2D eigenvalue weighted by molar-refractivity contribution is -0.155. The first-order chi connectivity index (χ1) is 18.9. The van der Waals surface area contributed by atoms with Gasteiger partial charge in [-0.05, 0) is 45.5 Å². The fourth-order valence-electron chi connectivity index (χ4n) is 6.70. The van der Waals surface area contributed by atoms with Crippen LogP contribution in [0.2, 0.25) is 0 Å². The summed E-state index contributed by atoms with van der Waals surface area (Å²) in [6.07, 6.45) is 5.57. The molecule has 0 aromatic carbocycles. The Hall–Kier alpha value is -2.66. The van der Waals surface area contributed by atoms with Crippen LogP contribution in [0.1, 0.15) is 65.8 Å². The Morgan fingerprint density at radius 2 is 1.85 bits per heavy atom. The number of piperidine rings is 1. The molecule has 40 heavy (non-hydrogen) atoms. The summed E-state index contributed by atoms with van der Waals surface area (Å²) in [5, 5.41) is 3.62. The van der Waals surface area contributed by atoms with Gasteiger partial charge in [-0.15, -0.1) is 0 Å². The van der Waals surface area contributed by atoms with Crippen LogP contribution in [-0.2, 0) is 14.3 Å². The lowest BCUT2D eigenvalue weighted by Crippen LogP contribution is -2.53. The number of hydrogen-bond donors (Lipinski definition) is 1. The largest absolute Gasteiger partial charge is 0.462 e. The Morgan fingerprint density at radius 1 is 1.12 bits per heavy atom. The molecule has 1 amide bonds. The van der Waals surface area contributed by atoms with Gasteiger partial charge < -0.3 is 19.5 Å². The number of halogens is 2. The standard InChI is InChI=1S/C29H42F2N6O3/c1-18(2)26(38)34-24-22-6-9-37(25(22)33-17-32-24)21-12-20(23(13-21)40-27(39)19(3)4)14-36-16-29(30,31)15-28(36)7-10-35(5)11-8-28/h6,9,17-21,23H,7-8,10-16H2,1-5H3,(H,32,33,34,38)/t20-,21?,23+/m1/s1. The number of nitrogens with one attached hydrogen (secondary N) is 1. The van der Waals surface area contributed by atoms with Gasteiger partial charge in [0.2, 0.25) is 5.91 Å². The number of esters is 1. The monoisotopic (exact) mass is 560 g/mol. The van der Waals surface area contributed by atoms with Crippen molar-refractivity contribution in [2.24, 2.45) is 17.8 Å². The zero-order valence-corrected chi connectivity index (χ0v) is 24.2. The zero-order chi connectivity index (χ0) is 28.8. The molecule has 3 aliphatic rings. The molecule has 0 bridgehead atoms. The van der Waals surface area contributed by atoms with Crippen LogP contribution in [0.25, 0.3) is 11.0 Å². The van der Waals surface area contributed by atoms with Gasteiger partial charge in [0.05, 0.1) is 17.8 Å². The van der Waals surface area contributed by atoms with Gasteiger partial charge in [-0.1, -0.05) is 27.7 Å². The van der Waals surface area contributed by atoms with E-state index >= 15 is 0 Å². The van der Waals surface area contributed by atoms with Gasteiger partial charge in [-0.2, -0.15) is 0 Å². The second kappa shape index (κ2) is 11.0. The van der Waals surface area contributed by atoms with E-state index < -0.39 is 11.5 Å². The number of aromatic nitrogens is 3. The third-order valence-electron chi connectivity index (χ3n) is 9.07. The summed E-state index contributed by atoms with van der Waals surface area (Å²) in [5.41, 5.74) is 0.172. The van der Waals surface area contributed by atoms with E-state index in [1.807, 2.05) is 51.9 Å². The molecule has 2 saturated heterocycles. The van der Waals surface area contributed by atoms with Crippen molar-refractivity contribution in [3.05, 3.63) is 18.6 Å². The van der Waals surface area contributed by atoms with Crippen molar-refractivity contribution in [3.63, 3.8) is 0 Å². The van der Waals surface area contributed by atoms with Crippen LogP contribution in [-0.4, -0.2) is 87.0 Å². The van der Waals surface area contributed by atoms with Crippen molar-refractivity contribution >= 4 is 28.7 Å². The summed E-state index contributed by atoms with van der Waals surface area (Å²) in [6.45, 7) is 9.08. The Morgan fingerprint density at radius 3 is 2.52 bits per heavy atom. The minimum atomic E-state index is -2.72. The average molecular weight is 561 g/mol. The normalized spacial score (nSPS) is 26.8. The number of ether oxygens (including phenoxy) is 1. The molecule has 3 atom stereocenters. The Labute approximate surface area is 234 Å². The van der Waals surface area contributed by atoms with Crippen LogP contribution in [0, 0.1) is 17.8 Å². The van der Waals surface area contributed by atoms with Crippen molar-refractivity contribution in [1.82, 2.24) is 24.3 Å². The number of carbonyl (C=O) groups excluding carboxylic acids is 2. The topological polar surface area (TPSA) is 92.6 Å². The number of fused-ring (bicyclic) bond motifs is 1. The van der Waals surface area contributed by atoms with Crippen LogP contribution >= 0.6 is 0 Å². The van der Waals surface area contributed by atoms with Gasteiger partial charge in [0, 0.05) is 49.0 Å². The number of amides is 1. The minimum absolute atomic E-state index is 0.0347. The number of likely N-dealkylation sites (tertiary alicyclic amines) is 2. The highest BCUT2D eigenvalue weighted by molar-refractivity contribution is 5.99. The Balaban J connectivity index is 1.41. The van der Waals surface area contributed by atoms with E-state index in [2.05, 4.69) is 24.8 Å². The fraction of sp³-hybridized carbons (Fsp3) is 0.724. The molecule has 1 unspecified atom stereocenters. The molecule has 2 aromatic heterocycles. The smallest absolute Gasteiger partial charge is 0.308 e. The first-order valence-corrected chi connectivity index (χ1v) is 14.5. The molecule has 1 N–H and O–H groups in total. The summed E-state index contributed by atoms with van der Waals surface area (Å²) < 4.78 is 37.8. The fourth-order valence-corrected chi connectivity index (χ4v) is 6.70. The molecule has 1 spiro atoms. The van der Waals surface area contributed by atoms with Crippen LogP contribution in [0.15, 0.2) is 18.6 Å². The van der Waals surface area contributed by atoms with E-state index in [0.29, 0.717) is 30.9 Å². The minimum Gasteiger partial charge on any atom is -0.462 e. The second-order valence-corrected chi connectivity index (χ2v) is 12.8. The van der Waals surface area contributed by atoms with Gasteiger partial charge in [0.1, 0.15) is 23.9 Å².